The number of nitrogens with zero attached hydrogens (tertiary/aromatic N) is 1. The van der Waals surface area contributed by atoms with Gasteiger partial charge in [-0.25, -0.2) is 0 Å². The van der Waals surface area contributed by atoms with E-state index >= 15 is 0 Å². The highest BCUT2D eigenvalue weighted by Gasteiger charge is 2.27. The molecule has 0 rings (SSSR count). The van der Waals surface area contributed by atoms with Gasteiger partial charge in [0.25, 0.3) is 7.82 Å². The predicted molar refractivity (Wildman–Crippen MR) is 289 cm³/mol. The molecule has 0 spiro atoms. The van der Waals surface area contributed by atoms with E-state index in [1.165, 1.54) is 122 Å². The molecule has 0 aliphatic carbocycles. The molecule has 0 aromatic carbocycles. The molecular formula is C58H107N2O7P. The quantitative estimate of drug-likeness (QED) is 0.0161. The third kappa shape index (κ3) is 48.7. The zero-order chi connectivity index (χ0) is 50.1. The number of esters is 1. The van der Waals surface area contributed by atoms with E-state index in [-0.39, 0.29) is 24.9 Å². The van der Waals surface area contributed by atoms with Crippen molar-refractivity contribution in [2.24, 2.45) is 0 Å². The van der Waals surface area contributed by atoms with Crippen LogP contribution in [-0.4, -0.2) is 69.4 Å². The number of likely N-dealkylation sites (N-methyl/N-ethyl adjacent to an activating group) is 1. The summed E-state index contributed by atoms with van der Waals surface area (Å²) >= 11 is 0. The number of nitrogens with one attached hydrogen (secondary N) is 1. The van der Waals surface area contributed by atoms with E-state index in [1.54, 1.807) is 0 Å². The molecule has 0 aliphatic heterocycles. The number of amides is 1. The Bertz CT molecular complexity index is 1350. The molecule has 68 heavy (non-hydrogen) atoms. The van der Waals surface area contributed by atoms with Gasteiger partial charge in [-0.2, -0.15) is 0 Å². The maximum absolute atomic E-state index is 13.5. The van der Waals surface area contributed by atoms with Crippen molar-refractivity contribution in [1.29, 1.82) is 0 Å². The number of hydrogen-bond acceptors (Lipinski definition) is 7. The van der Waals surface area contributed by atoms with Crippen molar-refractivity contribution in [2.75, 3.05) is 40.9 Å². The summed E-state index contributed by atoms with van der Waals surface area (Å²) in [5, 5.41) is 3.01. The maximum atomic E-state index is 13.5. The van der Waals surface area contributed by atoms with Crippen molar-refractivity contribution in [2.45, 2.75) is 258 Å². The lowest BCUT2D eigenvalue weighted by Crippen LogP contribution is -2.47. The summed E-state index contributed by atoms with van der Waals surface area (Å²) in [6, 6.07) is -0.895. The van der Waals surface area contributed by atoms with Gasteiger partial charge in [0.1, 0.15) is 19.3 Å². The molecule has 10 heteroatoms. The first kappa shape index (κ1) is 65.7. The van der Waals surface area contributed by atoms with E-state index in [0.717, 1.165) is 89.9 Å². The number of carbonyl (C=O) groups excluding carboxylic acids is 2. The lowest BCUT2D eigenvalue weighted by atomic mass is 10.0. The van der Waals surface area contributed by atoms with E-state index in [4.69, 9.17) is 13.8 Å². The van der Waals surface area contributed by atoms with Gasteiger partial charge in [0.15, 0.2) is 0 Å². The van der Waals surface area contributed by atoms with Gasteiger partial charge in [0, 0.05) is 12.8 Å². The number of ether oxygens (including phenoxy) is 1. The Morgan fingerprint density at radius 3 is 1.46 bits per heavy atom. The second kappa shape index (κ2) is 48.3. The largest absolute Gasteiger partial charge is 0.756 e. The molecular weight excluding hydrogens is 868 g/mol. The van der Waals surface area contributed by atoms with Crippen LogP contribution in [-0.2, 0) is 27.9 Å². The fourth-order valence-corrected chi connectivity index (χ4v) is 8.59. The van der Waals surface area contributed by atoms with Crippen LogP contribution in [0.4, 0.5) is 0 Å². The summed E-state index contributed by atoms with van der Waals surface area (Å²) in [5.41, 5.74) is 0. The number of allylic oxidation sites excluding steroid dienone is 9. The highest BCUT2D eigenvalue weighted by atomic mass is 31.2. The lowest BCUT2D eigenvalue weighted by molar-refractivity contribution is -0.870. The number of phosphoric ester groups is 1. The molecule has 0 bridgehead atoms. The van der Waals surface area contributed by atoms with Gasteiger partial charge in [-0.05, 0) is 76.7 Å². The van der Waals surface area contributed by atoms with Crippen molar-refractivity contribution in [3.8, 4) is 0 Å². The first-order valence-electron chi connectivity index (χ1n) is 28.1. The molecule has 0 fully saturated rings. The van der Waals surface area contributed by atoms with Crippen LogP contribution in [0.15, 0.2) is 60.8 Å². The zero-order valence-electron chi connectivity index (χ0n) is 45.1. The van der Waals surface area contributed by atoms with Gasteiger partial charge >= 0.3 is 5.97 Å². The molecule has 9 nitrogen and oxygen atoms in total. The number of rotatable bonds is 50. The van der Waals surface area contributed by atoms with E-state index in [9.17, 15) is 19.0 Å². The van der Waals surface area contributed by atoms with Crippen LogP contribution in [0.5, 0.6) is 0 Å². The molecule has 1 amide bonds. The molecule has 3 atom stereocenters. The van der Waals surface area contributed by atoms with Crippen LogP contribution in [0.3, 0.4) is 0 Å². The molecule has 0 saturated carbocycles. The predicted octanol–water partition coefficient (Wildman–Crippen LogP) is 16.1. The summed E-state index contributed by atoms with van der Waals surface area (Å²) in [7, 11) is 1.17. The van der Waals surface area contributed by atoms with Gasteiger partial charge in [-0.3, -0.25) is 14.2 Å². The van der Waals surface area contributed by atoms with Gasteiger partial charge < -0.3 is 28.5 Å². The normalized spacial score (nSPS) is 14.3. The second-order valence-corrected chi connectivity index (χ2v) is 21.5. The van der Waals surface area contributed by atoms with Crippen LogP contribution in [0.2, 0.25) is 0 Å². The van der Waals surface area contributed by atoms with Crippen LogP contribution in [0.25, 0.3) is 0 Å². The third-order valence-corrected chi connectivity index (χ3v) is 13.2. The van der Waals surface area contributed by atoms with Crippen molar-refractivity contribution in [1.82, 2.24) is 5.32 Å². The van der Waals surface area contributed by atoms with Crippen LogP contribution >= 0.6 is 7.82 Å². The van der Waals surface area contributed by atoms with Gasteiger partial charge in [-0.1, -0.05) is 217 Å². The second-order valence-electron chi connectivity index (χ2n) is 20.1. The lowest BCUT2D eigenvalue weighted by Gasteiger charge is -2.30. The van der Waals surface area contributed by atoms with Crippen LogP contribution in [0, 0.1) is 0 Å². The fourth-order valence-electron chi connectivity index (χ4n) is 7.87. The van der Waals surface area contributed by atoms with E-state index in [0.29, 0.717) is 17.4 Å². The fraction of sp³-hybridized carbons (Fsp3) is 0.793. The molecule has 0 saturated heterocycles. The average molecular weight is 975 g/mol. The summed E-state index contributed by atoms with van der Waals surface area (Å²) in [5.74, 6) is -0.560. The molecule has 396 valence electrons. The third-order valence-electron chi connectivity index (χ3n) is 12.2. The topological polar surface area (TPSA) is 114 Å². The standard InChI is InChI=1S/C58H107N2O7P/c1-7-10-13-16-19-22-25-28-30-32-35-38-41-44-47-50-57(61)59-55(54-66-68(63,64)65-53-52-60(4,5)6)56(49-46-43-40-37-34-27-24-21-18-15-12-9-3)67-58(62)51-48-45-42-39-36-33-31-29-26-23-20-17-14-11-8-2/h10,13,16,19,22-23,25-26,46,49,55-56H,7-9,11-12,14-15,17-18,20-21,24,27-45,47-48,50-54H2,1-6H3,(H-,59,61,63,64)/b13-10+,19-16+,25-22+,26-23-,49-46+. The van der Waals surface area contributed by atoms with Crippen molar-refractivity contribution in [3.05, 3.63) is 60.8 Å². The summed E-state index contributed by atoms with van der Waals surface area (Å²) in [4.78, 5) is 39.8. The van der Waals surface area contributed by atoms with E-state index in [1.807, 2.05) is 33.3 Å². The number of hydrogen-bond donors (Lipinski definition) is 1. The minimum atomic E-state index is -4.70. The Labute approximate surface area is 420 Å². The Morgan fingerprint density at radius 1 is 0.529 bits per heavy atom. The first-order chi connectivity index (χ1) is 32.9. The molecule has 0 aliphatic rings. The van der Waals surface area contributed by atoms with E-state index in [2.05, 4.69) is 74.7 Å². The molecule has 0 radical (unpaired) electrons. The first-order valence-corrected chi connectivity index (χ1v) is 29.6. The molecule has 0 aromatic rings. The Kier molecular flexibility index (Phi) is 46.7. The van der Waals surface area contributed by atoms with Gasteiger partial charge in [0.2, 0.25) is 5.91 Å². The van der Waals surface area contributed by atoms with Crippen molar-refractivity contribution >= 4 is 19.7 Å². The SMILES string of the molecule is CC/C=C/C=C/C=C/CCCCCCCCCC(=O)NC(COP(=O)([O-])OCC[N+](C)(C)C)C(/C=C/CCCCCCCCCCCC)OC(=O)CCCCCCCCC/C=C\CCCCCC. The minimum absolute atomic E-state index is 0.0269. The molecule has 0 aromatic heterocycles. The Morgan fingerprint density at radius 2 is 0.956 bits per heavy atom. The molecule has 3 unspecified atom stereocenters. The zero-order valence-corrected chi connectivity index (χ0v) is 45.9. The van der Waals surface area contributed by atoms with Crippen LogP contribution in [0.1, 0.15) is 245 Å². The minimum Gasteiger partial charge on any atom is -0.756 e. The van der Waals surface area contributed by atoms with Crippen molar-refractivity contribution in [3.63, 3.8) is 0 Å². The van der Waals surface area contributed by atoms with Crippen LogP contribution < -0.4 is 10.2 Å². The number of quaternary nitrogens is 1. The number of unbranched alkanes of at least 4 members (excludes halogenated alkanes) is 28. The molecule has 1 N–H and O–H groups in total. The van der Waals surface area contributed by atoms with Crippen molar-refractivity contribution < 1.29 is 37.3 Å². The summed E-state index contributed by atoms with van der Waals surface area (Å²) in [6.45, 7) is 6.68. The highest BCUT2D eigenvalue weighted by Crippen LogP contribution is 2.38. The number of carbonyl (C=O) groups is 2. The summed E-state index contributed by atoms with van der Waals surface area (Å²) < 4.78 is 30.2. The number of phosphoric acid groups is 1. The van der Waals surface area contributed by atoms with Gasteiger partial charge in [-0.15, -0.1) is 0 Å². The summed E-state index contributed by atoms with van der Waals surface area (Å²) in [6.07, 6.45) is 58.9. The van der Waals surface area contributed by atoms with Gasteiger partial charge in [0.05, 0.1) is 33.8 Å². The smallest absolute Gasteiger partial charge is 0.306 e. The maximum Gasteiger partial charge on any atom is 0.306 e. The monoisotopic (exact) mass is 975 g/mol. The Balaban J connectivity index is 5.39. The molecule has 0 heterocycles. The Hall–Kier alpha value is -2.29. The van der Waals surface area contributed by atoms with E-state index < -0.39 is 26.6 Å². The average Bonchev–Trinajstić information content (AvgIpc) is 3.29. The highest BCUT2D eigenvalue weighted by molar-refractivity contribution is 7.45.